The Kier molecular flexibility index (Phi) is 5.70. The molecule has 5 nitrogen and oxygen atoms in total. The van der Waals surface area contributed by atoms with Gasteiger partial charge in [-0.15, -0.1) is 12.4 Å². The molecular formula is C16H23ClN2O3S. The zero-order chi connectivity index (χ0) is 15.7. The summed E-state index contributed by atoms with van der Waals surface area (Å²) in [6.45, 7) is 3.48. The van der Waals surface area contributed by atoms with Crippen LogP contribution >= 0.6 is 12.4 Å². The minimum atomic E-state index is -3.40. The van der Waals surface area contributed by atoms with Crippen LogP contribution in [-0.4, -0.2) is 51.7 Å². The highest BCUT2D eigenvalue weighted by Crippen LogP contribution is 2.28. The van der Waals surface area contributed by atoms with Gasteiger partial charge in [-0.1, -0.05) is 12.1 Å². The molecule has 23 heavy (non-hydrogen) atoms. The fourth-order valence-corrected chi connectivity index (χ4v) is 4.44. The predicted molar refractivity (Wildman–Crippen MR) is 91.8 cm³/mol. The van der Waals surface area contributed by atoms with Crippen molar-refractivity contribution in [2.45, 2.75) is 17.7 Å². The van der Waals surface area contributed by atoms with E-state index in [1.807, 2.05) is 4.90 Å². The van der Waals surface area contributed by atoms with Crippen molar-refractivity contribution in [2.75, 3.05) is 32.4 Å². The molecule has 2 heterocycles. The number of amides is 1. The molecule has 0 spiro atoms. The maximum absolute atomic E-state index is 12.8. The number of carbonyl (C=O) groups is 1. The van der Waals surface area contributed by atoms with E-state index < -0.39 is 9.84 Å². The number of nitrogens with zero attached hydrogens (tertiary/aromatic N) is 1. The van der Waals surface area contributed by atoms with Gasteiger partial charge < -0.3 is 10.2 Å². The molecule has 1 aromatic carbocycles. The van der Waals surface area contributed by atoms with Crippen LogP contribution in [-0.2, 0) is 9.84 Å². The van der Waals surface area contributed by atoms with Gasteiger partial charge in [-0.3, -0.25) is 4.79 Å². The van der Waals surface area contributed by atoms with E-state index in [1.54, 1.807) is 18.2 Å². The van der Waals surface area contributed by atoms with Crippen LogP contribution in [0.3, 0.4) is 0 Å². The Morgan fingerprint density at radius 3 is 2.26 bits per heavy atom. The first kappa shape index (κ1) is 18.2. The number of nitrogens with one attached hydrogen (secondary N) is 1. The van der Waals surface area contributed by atoms with Gasteiger partial charge in [0.1, 0.15) is 0 Å². The van der Waals surface area contributed by atoms with Crippen molar-refractivity contribution in [2.24, 2.45) is 11.8 Å². The molecule has 0 aromatic heterocycles. The van der Waals surface area contributed by atoms with Crippen LogP contribution in [0, 0.1) is 11.8 Å². The van der Waals surface area contributed by atoms with Crippen molar-refractivity contribution in [3.05, 3.63) is 29.8 Å². The Hall–Kier alpha value is -1.11. The molecule has 3 rings (SSSR count). The van der Waals surface area contributed by atoms with Crippen molar-refractivity contribution in [3.63, 3.8) is 0 Å². The van der Waals surface area contributed by atoms with Crippen molar-refractivity contribution in [3.8, 4) is 0 Å². The summed E-state index contributed by atoms with van der Waals surface area (Å²) in [5.41, 5.74) is 0.301. The van der Waals surface area contributed by atoms with E-state index in [0.717, 1.165) is 32.2 Å². The number of likely N-dealkylation sites (tertiary alicyclic amines) is 1. The van der Waals surface area contributed by atoms with E-state index in [-0.39, 0.29) is 23.2 Å². The molecular weight excluding hydrogens is 336 g/mol. The van der Waals surface area contributed by atoms with Crippen molar-refractivity contribution in [1.29, 1.82) is 0 Å². The summed E-state index contributed by atoms with van der Waals surface area (Å²) < 4.78 is 23.8. The highest BCUT2D eigenvalue weighted by molar-refractivity contribution is 7.90. The zero-order valence-corrected chi connectivity index (χ0v) is 14.8. The van der Waals surface area contributed by atoms with E-state index in [2.05, 4.69) is 5.32 Å². The Morgan fingerprint density at radius 2 is 1.70 bits per heavy atom. The number of benzene rings is 1. The average Bonchev–Trinajstić information content (AvgIpc) is 2.84. The third kappa shape index (κ3) is 3.87. The second-order valence-electron chi connectivity index (χ2n) is 6.32. The predicted octanol–water partition coefficient (Wildman–Crippen LogP) is 1.58. The lowest BCUT2D eigenvalue weighted by Crippen LogP contribution is -2.33. The molecule has 2 fully saturated rings. The number of sulfone groups is 1. The molecule has 0 bridgehead atoms. The van der Waals surface area contributed by atoms with Crippen LogP contribution < -0.4 is 5.32 Å². The lowest BCUT2D eigenvalue weighted by Gasteiger charge is -2.22. The van der Waals surface area contributed by atoms with Gasteiger partial charge in [0.15, 0.2) is 9.84 Å². The summed E-state index contributed by atoms with van der Waals surface area (Å²) in [6.07, 6.45) is 3.13. The zero-order valence-electron chi connectivity index (χ0n) is 13.2. The third-order valence-corrected chi connectivity index (χ3v) is 5.98. The van der Waals surface area contributed by atoms with Crippen LogP contribution in [0.4, 0.5) is 0 Å². The topological polar surface area (TPSA) is 66.5 Å². The van der Waals surface area contributed by atoms with Gasteiger partial charge in [-0.25, -0.2) is 8.42 Å². The quantitative estimate of drug-likeness (QED) is 0.871. The van der Waals surface area contributed by atoms with E-state index in [4.69, 9.17) is 0 Å². The number of rotatable bonds is 2. The van der Waals surface area contributed by atoms with Gasteiger partial charge >= 0.3 is 0 Å². The van der Waals surface area contributed by atoms with Crippen molar-refractivity contribution < 1.29 is 13.2 Å². The van der Waals surface area contributed by atoms with Crippen LogP contribution in [0.1, 0.15) is 23.2 Å². The van der Waals surface area contributed by atoms with Gasteiger partial charge in [0.25, 0.3) is 5.91 Å². The smallest absolute Gasteiger partial charge is 0.255 e. The molecule has 1 amide bonds. The van der Waals surface area contributed by atoms with Crippen LogP contribution in [0.5, 0.6) is 0 Å². The molecule has 2 aliphatic heterocycles. The highest BCUT2D eigenvalue weighted by atomic mass is 35.5. The lowest BCUT2D eigenvalue weighted by atomic mass is 9.92. The third-order valence-electron chi connectivity index (χ3n) is 4.82. The average molecular weight is 359 g/mol. The minimum Gasteiger partial charge on any atom is -0.339 e. The maximum atomic E-state index is 12.8. The summed E-state index contributed by atoms with van der Waals surface area (Å²) in [5, 5.41) is 3.41. The van der Waals surface area contributed by atoms with Gasteiger partial charge in [0, 0.05) is 19.3 Å². The molecule has 2 atom stereocenters. The summed E-state index contributed by atoms with van der Waals surface area (Å²) >= 11 is 0. The lowest BCUT2D eigenvalue weighted by molar-refractivity contribution is 0.0754. The second kappa shape index (κ2) is 7.20. The van der Waals surface area contributed by atoms with E-state index in [9.17, 15) is 13.2 Å². The van der Waals surface area contributed by atoms with Gasteiger partial charge in [0.05, 0.1) is 10.5 Å². The molecule has 128 valence electrons. The van der Waals surface area contributed by atoms with Crippen LogP contribution in [0.25, 0.3) is 0 Å². The molecule has 0 unspecified atom stereocenters. The number of hydrogen-bond donors (Lipinski definition) is 1. The molecule has 2 saturated heterocycles. The Balaban J connectivity index is 0.00000192. The number of halogens is 1. The normalized spacial score (nSPS) is 24.5. The largest absolute Gasteiger partial charge is 0.339 e. The first-order valence-corrected chi connectivity index (χ1v) is 9.65. The second-order valence-corrected chi connectivity index (χ2v) is 8.30. The van der Waals surface area contributed by atoms with Crippen molar-refractivity contribution >= 4 is 28.2 Å². The summed E-state index contributed by atoms with van der Waals surface area (Å²) in [5.74, 6) is 1.12. The SMILES string of the molecule is CS(=O)(=O)c1ccccc1C(=O)N1CC[C@@H]2CNC[C@@H]2CC1.Cl. The number of carbonyl (C=O) groups excluding carboxylic acids is 1. The van der Waals surface area contributed by atoms with Gasteiger partial charge in [0.2, 0.25) is 0 Å². The van der Waals surface area contributed by atoms with E-state index >= 15 is 0 Å². The van der Waals surface area contributed by atoms with E-state index in [1.165, 1.54) is 6.07 Å². The molecule has 0 saturated carbocycles. The molecule has 1 aromatic rings. The Morgan fingerprint density at radius 1 is 1.13 bits per heavy atom. The maximum Gasteiger partial charge on any atom is 0.255 e. The molecule has 0 radical (unpaired) electrons. The monoisotopic (exact) mass is 358 g/mol. The minimum absolute atomic E-state index is 0. The van der Waals surface area contributed by atoms with Crippen LogP contribution in [0.15, 0.2) is 29.2 Å². The number of fused-ring (bicyclic) bond motifs is 1. The van der Waals surface area contributed by atoms with Crippen LogP contribution in [0.2, 0.25) is 0 Å². The summed E-state index contributed by atoms with van der Waals surface area (Å²) in [6, 6.07) is 6.51. The standard InChI is InChI=1S/C16H22N2O3S.ClH/c1-22(20,21)15-5-3-2-4-14(15)16(19)18-8-6-12-10-17-11-13(12)7-9-18;/h2-5,12-13,17H,6-11H2,1H3;1H/t12-,13+;. The van der Waals surface area contributed by atoms with Gasteiger partial charge in [-0.2, -0.15) is 0 Å². The van der Waals surface area contributed by atoms with E-state index in [0.29, 0.717) is 30.5 Å². The summed E-state index contributed by atoms with van der Waals surface area (Å²) in [4.78, 5) is 14.7. The molecule has 2 aliphatic rings. The highest BCUT2D eigenvalue weighted by Gasteiger charge is 2.32. The first-order valence-electron chi connectivity index (χ1n) is 7.76. The molecule has 7 heteroatoms. The van der Waals surface area contributed by atoms with Gasteiger partial charge in [-0.05, 0) is 49.9 Å². The molecule has 1 N–H and O–H groups in total. The Bertz CT molecular complexity index is 664. The number of hydrogen-bond acceptors (Lipinski definition) is 4. The summed E-state index contributed by atoms with van der Waals surface area (Å²) in [7, 11) is -3.40. The van der Waals surface area contributed by atoms with Crippen molar-refractivity contribution in [1.82, 2.24) is 10.2 Å². The Labute approximate surface area is 143 Å². The fraction of sp³-hybridized carbons (Fsp3) is 0.562. The molecule has 0 aliphatic carbocycles. The fourth-order valence-electron chi connectivity index (χ4n) is 3.56. The first-order chi connectivity index (χ1) is 10.5.